The molecule has 0 aromatic heterocycles. The summed E-state index contributed by atoms with van der Waals surface area (Å²) in [5.41, 5.74) is 0.788. The van der Waals surface area contributed by atoms with Gasteiger partial charge in [-0.15, -0.1) is 0 Å². The molecule has 0 fully saturated rings. The van der Waals surface area contributed by atoms with Crippen molar-refractivity contribution in [2.24, 2.45) is 5.92 Å². The fraction of sp³-hybridized carbons (Fsp3) is 0.348. The number of carbonyl (C=O) groups excluding carboxylic acids is 3. The minimum Gasteiger partial charge on any atom is -0.497 e. The van der Waals surface area contributed by atoms with Crippen LogP contribution in [0.3, 0.4) is 0 Å². The number of Topliss-reactive ketones (excluding diaryl/α,β-unsaturated/α-hetero) is 1. The van der Waals surface area contributed by atoms with Crippen LogP contribution in [0.5, 0.6) is 11.5 Å². The van der Waals surface area contributed by atoms with Gasteiger partial charge >= 0.3 is 5.97 Å². The van der Waals surface area contributed by atoms with E-state index in [9.17, 15) is 14.4 Å². The summed E-state index contributed by atoms with van der Waals surface area (Å²) in [5, 5.41) is 2.69. The van der Waals surface area contributed by atoms with Crippen LogP contribution in [0.4, 0.5) is 0 Å². The second-order valence-electron chi connectivity index (χ2n) is 7.10. The number of hydrogen-bond acceptors (Lipinski definition) is 6. The van der Waals surface area contributed by atoms with Crippen LogP contribution >= 0.6 is 0 Å². The van der Waals surface area contributed by atoms with Crippen molar-refractivity contribution in [3.05, 3.63) is 59.7 Å². The van der Waals surface area contributed by atoms with Crippen molar-refractivity contribution >= 4 is 17.7 Å². The molecule has 30 heavy (non-hydrogen) atoms. The van der Waals surface area contributed by atoms with Gasteiger partial charge in [0.25, 0.3) is 5.91 Å². The lowest BCUT2D eigenvalue weighted by atomic mass is 10.0. The van der Waals surface area contributed by atoms with Crippen LogP contribution in [-0.4, -0.2) is 44.0 Å². The highest BCUT2D eigenvalue weighted by molar-refractivity contribution is 6.01. The molecule has 0 saturated heterocycles. The summed E-state index contributed by atoms with van der Waals surface area (Å²) < 4.78 is 15.5. The number of rotatable bonds is 9. The number of amides is 1. The SMILES string of the molecule is COc1ccc(C(=O)N[C@H](C(=O)O[C@H](C)C(=O)c2ccc(OC)cc2)C(C)C)cc1. The van der Waals surface area contributed by atoms with Gasteiger partial charge in [0.1, 0.15) is 17.5 Å². The van der Waals surface area contributed by atoms with Gasteiger partial charge in [-0.05, 0) is 61.4 Å². The average molecular weight is 413 g/mol. The molecule has 2 rings (SSSR count). The molecule has 0 aliphatic rings. The van der Waals surface area contributed by atoms with Crippen LogP contribution in [-0.2, 0) is 9.53 Å². The second-order valence-corrected chi connectivity index (χ2v) is 7.10. The molecule has 7 heteroatoms. The largest absolute Gasteiger partial charge is 0.497 e. The van der Waals surface area contributed by atoms with Crippen LogP contribution in [0.2, 0.25) is 0 Å². The zero-order valence-electron chi connectivity index (χ0n) is 17.8. The summed E-state index contributed by atoms with van der Waals surface area (Å²) in [4.78, 5) is 37.8. The van der Waals surface area contributed by atoms with E-state index >= 15 is 0 Å². The van der Waals surface area contributed by atoms with E-state index in [0.717, 1.165) is 0 Å². The van der Waals surface area contributed by atoms with E-state index in [-0.39, 0.29) is 11.7 Å². The smallest absolute Gasteiger partial charge is 0.329 e. The lowest BCUT2D eigenvalue weighted by Gasteiger charge is -2.23. The summed E-state index contributed by atoms with van der Waals surface area (Å²) >= 11 is 0. The van der Waals surface area contributed by atoms with Gasteiger partial charge in [0.2, 0.25) is 5.78 Å². The molecule has 160 valence electrons. The number of methoxy groups -OCH3 is 2. The highest BCUT2D eigenvalue weighted by atomic mass is 16.5. The molecule has 0 unspecified atom stereocenters. The summed E-state index contributed by atoms with van der Waals surface area (Å²) in [6.07, 6.45) is -0.995. The van der Waals surface area contributed by atoms with Gasteiger partial charge in [0.15, 0.2) is 6.10 Å². The maximum atomic E-state index is 12.7. The first-order chi connectivity index (χ1) is 14.3. The van der Waals surface area contributed by atoms with Crippen LogP contribution in [0.25, 0.3) is 0 Å². The third-order valence-corrected chi connectivity index (χ3v) is 4.60. The first kappa shape index (κ1) is 22.9. The quantitative estimate of drug-likeness (QED) is 0.501. The Hall–Kier alpha value is -3.35. The molecule has 0 saturated carbocycles. The van der Waals surface area contributed by atoms with E-state index in [1.165, 1.54) is 21.1 Å². The van der Waals surface area contributed by atoms with Crippen molar-refractivity contribution in [3.63, 3.8) is 0 Å². The Kier molecular flexibility index (Phi) is 7.98. The first-order valence-corrected chi connectivity index (χ1v) is 9.60. The van der Waals surface area contributed by atoms with Gasteiger partial charge in [0, 0.05) is 11.1 Å². The predicted octanol–water partition coefficient (Wildman–Crippen LogP) is 3.27. The Morgan fingerprint density at radius 2 is 1.23 bits per heavy atom. The molecular formula is C23H27NO6. The molecule has 0 aliphatic carbocycles. The van der Waals surface area contributed by atoms with E-state index in [0.29, 0.717) is 22.6 Å². The number of hydrogen-bond donors (Lipinski definition) is 1. The van der Waals surface area contributed by atoms with Crippen molar-refractivity contribution in [2.75, 3.05) is 14.2 Å². The van der Waals surface area contributed by atoms with Crippen LogP contribution in [0, 0.1) is 5.92 Å². The first-order valence-electron chi connectivity index (χ1n) is 9.60. The maximum Gasteiger partial charge on any atom is 0.329 e. The highest BCUT2D eigenvalue weighted by Crippen LogP contribution is 2.16. The van der Waals surface area contributed by atoms with Crippen molar-refractivity contribution in [1.29, 1.82) is 0 Å². The van der Waals surface area contributed by atoms with E-state index in [2.05, 4.69) is 5.32 Å². The Balaban J connectivity index is 2.04. The number of esters is 1. The Bertz CT molecular complexity index is 874. The normalized spacial score (nSPS) is 12.6. The van der Waals surface area contributed by atoms with Crippen molar-refractivity contribution in [2.45, 2.75) is 32.9 Å². The van der Waals surface area contributed by atoms with E-state index in [1.807, 2.05) is 0 Å². The van der Waals surface area contributed by atoms with Gasteiger partial charge in [-0.25, -0.2) is 4.79 Å². The molecule has 1 amide bonds. The third-order valence-electron chi connectivity index (χ3n) is 4.60. The molecule has 0 aliphatic heterocycles. The van der Waals surface area contributed by atoms with Gasteiger partial charge in [0.05, 0.1) is 14.2 Å². The van der Waals surface area contributed by atoms with Crippen molar-refractivity contribution in [3.8, 4) is 11.5 Å². The Morgan fingerprint density at radius 3 is 1.67 bits per heavy atom. The lowest BCUT2D eigenvalue weighted by Crippen LogP contribution is -2.46. The minimum atomic E-state index is -0.995. The van der Waals surface area contributed by atoms with Gasteiger partial charge in [-0.1, -0.05) is 13.8 Å². The predicted molar refractivity (Wildman–Crippen MR) is 112 cm³/mol. The molecule has 0 radical (unpaired) electrons. The van der Waals surface area contributed by atoms with E-state index in [1.54, 1.807) is 62.4 Å². The molecule has 0 spiro atoms. The summed E-state index contributed by atoms with van der Waals surface area (Å²) in [6, 6.07) is 12.2. The van der Waals surface area contributed by atoms with Crippen molar-refractivity contribution < 1.29 is 28.6 Å². The Labute approximate surface area is 176 Å². The number of benzene rings is 2. The zero-order chi connectivity index (χ0) is 22.3. The fourth-order valence-electron chi connectivity index (χ4n) is 2.76. The molecule has 7 nitrogen and oxygen atoms in total. The van der Waals surface area contributed by atoms with E-state index < -0.39 is 24.0 Å². The zero-order valence-corrected chi connectivity index (χ0v) is 17.8. The van der Waals surface area contributed by atoms with Crippen molar-refractivity contribution in [1.82, 2.24) is 5.32 Å². The standard InChI is InChI=1S/C23H27NO6/c1-14(2)20(24-22(26)17-8-12-19(29-5)13-9-17)23(27)30-15(3)21(25)16-6-10-18(28-4)11-7-16/h6-15,20H,1-5H3,(H,24,26)/t15-,20+/m1/s1. The van der Waals surface area contributed by atoms with E-state index in [4.69, 9.17) is 14.2 Å². The summed E-state index contributed by atoms with van der Waals surface area (Å²) in [7, 11) is 3.07. The van der Waals surface area contributed by atoms with Crippen LogP contribution in [0.1, 0.15) is 41.5 Å². The number of ketones is 1. The molecule has 2 aromatic carbocycles. The molecule has 2 atom stereocenters. The number of carbonyl (C=O) groups is 3. The number of ether oxygens (including phenoxy) is 3. The van der Waals surface area contributed by atoms with Gasteiger partial charge < -0.3 is 19.5 Å². The third kappa shape index (κ3) is 5.83. The topological polar surface area (TPSA) is 90.9 Å². The molecule has 0 bridgehead atoms. The molecule has 0 heterocycles. The minimum absolute atomic E-state index is 0.233. The lowest BCUT2D eigenvalue weighted by molar-refractivity contribution is -0.149. The highest BCUT2D eigenvalue weighted by Gasteiger charge is 2.29. The van der Waals surface area contributed by atoms with Crippen LogP contribution in [0.15, 0.2) is 48.5 Å². The Morgan fingerprint density at radius 1 is 0.767 bits per heavy atom. The molecule has 2 aromatic rings. The molecule has 1 N–H and O–H groups in total. The second kappa shape index (κ2) is 10.4. The van der Waals surface area contributed by atoms with Gasteiger partial charge in [-0.3, -0.25) is 9.59 Å². The molecular weight excluding hydrogens is 386 g/mol. The fourth-order valence-corrected chi connectivity index (χ4v) is 2.76. The summed E-state index contributed by atoms with van der Waals surface area (Å²) in [5.74, 6) is -0.406. The average Bonchev–Trinajstić information content (AvgIpc) is 2.76. The monoisotopic (exact) mass is 413 g/mol. The summed E-state index contributed by atoms with van der Waals surface area (Å²) in [6.45, 7) is 5.08. The van der Waals surface area contributed by atoms with Crippen LogP contribution < -0.4 is 14.8 Å². The maximum absolute atomic E-state index is 12.7. The number of nitrogens with one attached hydrogen (secondary N) is 1. The van der Waals surface area contributed by atoms with Gasteiger partial charge in [-0.2, -0.15) is 0 Å².